The summed E-state index contributed by atoms with van der Waals surface area (Å²) in [6.45, 7) is 4.32. The van der Waals surface area contributed by atoms with Gasteiger partial charge in [-0.1, -0.05) is 48.5 Å². The molecule has 7 nitrogen and oxygen atoms in total. The Labute approximate surface area is 209 Å². The molecule has 0 spiro atoms. The van der Waals surface area contributed by atoms with Crippen LogP contribution in [-0.4, -0.2) is 41.4 Å². The summed E-state index contributed by atoms with van der Waals surface area (Å²) in [7, 11) is 1.31. The normalized spacial score (nSPS) is 16.8. The summed E-state index contributed by atoms with van der Waals surface area (Å²) in [5.41, 5.74) is 3.14. The number of carbonyl (C=O) groups is 3. The van der Waals surface area contributed by atoms with Crippen molar-refractivity contribution in [2.24, 2.45) is 0 Å². The van der Waals surface area contributed by atoms with Crippen molar-refractivity contribution in [2.45, 2.75) is 26.4 Å². The lowest BCUT2D eigenvalue weighted by Crippen LogP contribution is -2.29. The third-order valence-electron chi connectivity index (χ3n) is 6.17. The van der Waals surface area contributed by atoms with Crippen LogP contribution in [-0.2, 0) is 20.9 Å². The van der Waals surface area contributed by atoms with E-state index in [1.807, 2.05) is 38.1 Å². The summed E-state index contributed by atoms with van der Waals surface area (Å²) in [6.07, 6.45) is 0. The molecule has 1 aliphatic rings. The van der Waals surface area contributed by atoms with Crippen LogP contribution in [0.2, 0.25) is 0 Å². The van der Waals surface area contributed by atoms with Crippen LogP contribution >= 0.6 is 0 Å². The zero-order valence-electron chi connectivity index (χ0n) is 20.4. The molecule has 0 bridgehead atoms. The molecule has 1 N–H and O–H groups in total. The molecule has 36 heavy (non-hydrogen) atoms. The van der Waals surface area contributed by atoms with Crippen LogP contribution in [0.4, 0.5) is 0 Å². The molecule has 1 heterocycles. The highest BCUT2D eigenvalue weighted by molar-refractivity contribution is 6.46. The number of hydrogen-bond donors (Lipinski definition) is 1. The average molecular weight is 486 g/mol. The molecule has 1 saturated heterocycles. The molecule has 1 atom stereocenters. The monoisotopic (exact) mass is 485 g/mol. The van der Waals surface area contributed by atoms with Gasteiger partial charge in [0.15, 0.2) is 0 Å². The number of carbonyl (C=O) groups excluding carboxylic acids is 3. The van der Waals surface area contributed by atoms with Gasteiger partial charge in [0.1, 0.15) is 11.5 Å². The number of likely N-dealkylation sites (tertiary alicyclic amines) is 1. The highest BCUT2D eigenvalue weighted by atomic mass is 16.5. The summed E-state index contributed by atoms with van der Waals surface area (Å²) < 4.78 is 10.3. The number of ketones is 1. The van der Waals surface area contributed by atoms with E-state index in [2.05, 4.69) is 0 Å². The maximum Gasteiger partial charge on any atom is 0.337 e. The third-order valence-corrected chi connectivity index (χ3v) is 6.17. The van der Waals surface area contributed by atoms with Gasteiger partial charge in [-0.25, -0.2) is 4.79 Å². The van der Waals surface area contributed by atoms with Crippen LogP contribution in [0.3, 0.4) is 0 Å². The minimum Gasteiger partial charge on any atom is -0.507 e. The number of aryl methyl sites for hydroxylation is 1. The van der Waals surface area contributed by atoms with Crippen molar-refractivity contribution in [1.82, 2.24) is 4.90 Å². The van der Waals surface area contributed by atoms with Crippen LogP contribution in [0.25, 0.3) is 5.76 Å². The molecule has 3 aromatic rings. The van der Waals surface area contributed by atoms with Gasteiger partial charge >= 0.3 is 5.97 Å². The largest absolute Gasteiger partial charge is 0.507 e. The second kappa shape index (κ2) is 10.5. The van der Waals surface area contributed by atoms with Crippen molar-refractivity contribution >= 4 is 23.4 Å². The van der Waals surface area contributed by atoms with Crippen molar-refractivity contribution in [2.75, 3.05) is 13.7 Å². The van der Waals surface area contributed by atoms with Crippen molar-refractivity contribution in [3.05, 3.63) is 106 Å². The summed E-state index contributed by atoms with van der Waals surface area (Å²) in [5, 5.41) is 11.3. The van der Waals surface area contributed by atoms with Crippen LogP contribution in [0, 0.1) is 6.92 Å². The van der Waals surface area contributed by atoms with E-state index >= 15 is 0 Å². The molecule has 0 saturated carbocycles. The zero-order chi connectivity index (χ0) is 25.8. The van der Waals surface area contributed by atoms with Gasteiger partial charge < -0.3 is 19.5 Å². The second-order valence-electron chi connectivity index (χ2n) is 8.43. The lowest BCUT2D eigenvalue weighted by atomic mass is 9.92. The number of rotatable bonds is 7. The van der Waals surface area contributed by atoms with Gasteiger partial charge in [0.05, 0.1) is 30.9 Å². The van der Waals surface area contributed by atoms with Gasteiger partial charge in [-0.2, -0.15) is 0 Å². The van der Waals surface area contributed by atoms with Gasteiger partial charge in [-0.15, -0.1) is 0 Å². The summed E-state index contributed by atoms with van der Waals surface area (Å²) in [6, 6.07) is 20.1. The van der Waals surface area contributed by atoms with Gasteiger partial charge in [0, 0.05) is 12.1 Å². The number of nitrogens with zero attached hydrogens (tertiary/aromatic N) is 1. The summed E-state index contributed by atoms with van der Waals surface area (Å²) in [5.74, 6) is -1.63. The maximum atomic E-state index is 13.3. The predicted octanol–water partition coefficient (Wildman–Crippen LogP) is 4.80. The number of aliphatic hydroxyl groups excluding tert-OH is 1. The quantitative estimate of drug-likeness (QED) is 0.224. The Morgan fingerprint density at radius 3 is 2.36 bits per heavy atom. The number of methoxy groups -OCH3 is 1. The molecule has 1 fully saturated rings. The molecule has 0 radical (unpaired) electrons. The molecular weight excluding hydrogens is 458 g/mol. The van der Waals surface area contributed by atoms with Crippen LogP contribution in [0.15, 0.2) is 78.4 Å². The molecular formula is C29H27NO6. The van der Waals surface area contributed by atoms with E-state index in [1.165, 1.54) is 12.0 Å². The number of ether oxygens (including phenoxy) is 2. The minimum absolute atomic E-state index is 0.0223. The van der Waals surface area contributed by atoms with Gasteiger partial charge in [0.2, 0.25) is 0 Å². The molecule has 7 heteroatoms. The number of hydrogen-bond acceptors (Lipinski definition) is 6. The fourth-order valence-corrected chi connectivity index (χ4v) is 4.38. The fourth-order valence-electron chi connectivity index (χ4n) is 4.38. The Balaban J connectivity index is 1.81. The Bertz CT molecular complexity index is 1340. The van der Waals surface area contributed by atoms with E-state index in [0.29, 0.717) is 23.5 Å². The van der Waals surface area contributed by atoms with E-state index in [0.717, 1.165) is 16.7 Å². The number of aliphatic hydroxyl groups is 1. The standard InChI is InChI=1S/C29H27NO6/c1-4-36-22-10-7-9-21(16-22)26(31)24-25(23-11-6-5-8-18(23)2)30(28(33)27(24)32)17-19-12-14-20(15-13-19)29(34)35-3/h5-16,25,31H,4,17H2,1-3H3/b26-24+. The number of Topliss-reactive ketones (excluding diaryl/α,β-unsaturated/α-hetero) is 1. The molecule has 0 aliphatic carbocycles. The average Bonchev–Trinajstić information content (AvgIpc) is 3.13. The number of amides is 1. The molecule has 0 aromatic heterocycles. The van der Waals surface area contributed by atoms with E-state index in [4.69, 9.17) is 9.47 Å². The van der Waals surface area contributed by atoms with Crippen LogP contribution < -0.4 is 4.74 Å². The first kappa shape index (κ1) is 24.7. The minimum atomic E-state index is -0.790. The Kier molecular flexibility index (Phi) is 7.20. The second-order valence-corrected chi connectivity index (χ2v) is 8.43. The first-order valence-electron chi connectivity index (χ1n) is 11.6. The highest BCUT2D eigenvalue weighted by Gasteiger charge is 2.46. The van der Waals surface area contributed by atoms with E-state index in [-0.39, 0.29) is 17.9 Å². The number of benzene rings is 3. The first-order chi connectivity index (χ1) is 17.3. The molecule has 184 valence electrons. The fraction of sp³-hybridized carbons (Fsp3) is 0.207. The molecule has 1 aliphatic heterocycles. The first-order valence-corrected chi connectivity index (χ1v) is 11.6. The lowest BCUT2D eigenvalue weighted by molar-refractivity contribution is -0.140. The Morgan fingerprint density at radius 2 is 1.69 bits per heavy atom. The van der Waals surface area contributed by atoms with Crippen molar-refractivity contribution in [1.29, 1.82) is 0 Å². The predicted molar refractivity (Wildman–Crippen MR) is 134 cm³/mol. The lowest BCUT2D eigenvalue weighted by Gasteiger charge is -2.26. The smallest absolute Gasteiger partial charge is 0.337 e. The zero-order valence-corrected chi connectivity index (χ0v) is 20.4. The number of esters is 1. The molecule has 1 unspecified atom stereocenters. The maximum absolute atomic E-state index is 13.3. The van der Waals surface area contributed by atoms with Crippen molar-refractivity contribution < 1.29 is 29.0 Å². The van der Waals surface area contributed by atoms with Gasteiger partial charge in [-0.05, 0) is 54.8 Å². The van der Waals surface area contributed by atoms with Crippen LogP contribution in [0.5, 0.6) is 5.75 Å². The Hall–Kier alpha value is -4.39. The molecule has 1 amide bonds. The molecule has 4 rings (SSSR count). The SMILES string of the molecule is CCOc1cccc(/C(O)=C2\C(=O)C(=O)N(Cc3ccc(C(=O)OC)cc3)C2c2ccccc2C)c1. The summed E-state index contributed by atoms with van der Waals surface area (Å²) >= 11 is 0. The van der Waals surface area contributed by atoms with Crippen molar-refractivity contribution in [3.8, 4) is 5.75 Å². The van der Waals surface area contributed by atoms with Gasteiger partial charge in [-0.3, -0.25) is 9.59 Å². The van der Waals surface area contributed by atoms with E-state index in [9.17, 15) is 19.5 Å². The van der Waals surface area contributed by atoms with Crippen LogP contribution in [0.1, 0.15) is 45.6 Å². The third kappa shape index (κ3) is 4.73. The topological polar surface area (TPSA) is 93.1 Å². The Morgan fingerprint density at radius 1 is 0.972 bits per heavy atom. The molecule has 3 aromatic carbocycles. The van der Waals surface area contributed by atoms with Crippen molar-refractivity contribution in [3.63, 3.8) is 0 Å². The van der Waals surface area contributed by atoms with E-state index < -0.39 is 23.7 Å². The summed E-state index contributed by atoms with van der Waals surface area (Å²) in [4.78, 5) is 39.8. The van der Waals surface area contributed by atoms with E-state index in [1.54, 1.807) is 48.5 Å². The van der Waals surface area contributed by atoms with Gasteiger partial charge in [0.25, 0.3) is 11.7 Å². The highest BCUT2D eigenvalue weighted by Crippen LogP contribution is 2.41.